The second-order valence-electron chi connectivity index (χ2n) is 4.48. The Hall–Kier alpha value is -1.20. The molecule has 0 amide bonds. The molecule has 1 fully saturated rings. The van der Waals surface area contributed by atoms with E-state index in [9.17, 15) is 0 Å². The van der Waals surface area contributed by atoms with Crippen molar-refractivity contribution in [2.24, 2.45) is 0 Å². The van der Waals surface area contributed by atoms with Crippen molar-refractivity contribution in [3.8, 4) is 11.3 Å². The molecule has 3 rings (SSSR count). The summed E-state index contributed by atoms with van der Waals surface area (Å²) in [6.07, 6.45) is 2.27. The van der Waals surface area contributed by atoms with Gasteiger partial charge in [0.1, 0.15) is 11.5 Å². The summed E-state index contributed by atoms with van der Waals surface area (Å²) in [5, 5.41) is 0.631. The van der Waals surface area contributed by atoms with Crippen LogP contribution in [0.1, 0.15) is 24.6 Å². The molecule has 94 valence electrons. The number of halogens is 2. The minimum absolute atomic E-state index is 0.456. The highest BCUT2D eigenvalue weighted by Gasteiger charge is 2.30. The van der Waals surface area contributed by atoms with Crippen LogP contribution in [0.15, 0.2) is 22.7 Å². The molecule has 1 aliphatic carbocycles. The molecule has 0 saturated heterocycles. The number of benzene rings is 1. The van der Waals surface area contributed by atoms with E-state index in [1.165, 1.54) is 4.68 Å². The molecule has 1 aliphatic rings. The van der Waals surface area contributed by atoms with Crippen LogP contribution < -0.4 is 11.6 Å². The van der Waals surface area contributed by atoms with Gasteiger partial charge in [-0.3, -0.25) is 0 Å². The van der Waals surface area contributed by atoms with Crippen LogP contribution in [0.25, 0.3) is 11.3 Å². The summed E-state index contributed by atoms with van der Waals surface area (Å²) in [5.41, 5.74) is 7.59. The Labute approximate surface area is 118 Å². The van der Waals surface area contributed by atoms with E-state index < -0.39 is 0 Å². The second kappa shape index (κ2) is 4.17. The average Bonchev–Trinajstić information content (AvgIpc) is 3.13. The Morgan fingerprint density at radius 3 is 2.72 bits per heavy atom. The lowest BCUT2D eigenvalue weighted by Crippen LogP contribution is -2.14. The first kappa shape index (κ1) is 11.9. The molecular formula is C12H12BrClN4. The van der Waals surface area contributed by atoms with E-state index in [0.717, 1.165) is 28.7 Å². The number of anilines is 1. The molecule has 0 spiro atoms. The van der Waals surface area contributed by atoms with Crippen molar-refractivity contribution < 1.29 is 0 Å². The highest BCUT2D eigenvalue weighted by Crippen LogP contribution is 2.41. The summed E-state index contributed by atoms with van der Waals surface area (Å²) >= 11 is 9.44. The number of imidazole rings is 1. The van der Waals surface area contributed by atoms with Crippen LogP contribution in [-0.2, 0) is 0 Å². The van der Waals surface area contributed by atoms with E-state index in [2.05, 4.69) is 20.9 Å². The van der Waals surface area contributed by atoms with Crippen molar-refractivity contribution in [1.82, 2.24) is 9.66 Å². The van der Waals surface area contributed by atoms with Crippen LogP contribution in [0.2, 0.25) is 5.02 Å². The molecule has 4 N–H and O–H groups in total. The standard InChI is InChI=1S/C12H12BrClN4/c13-8-4-3-7(5-9(8)14)10-11(15)18(16)12(17-10)6-1-2-6/h3-6H,1-2,15-16H2. The van der Waals surface area contributed by atoms with Gasteiger partial charge in [-0.05, 0) is 40.9 Å². The lowest BCUT2D eigenvalue weighted by molar-refractivity contribution is 0.855. The van der Waals surface area contributed by atoms with E-state index in [0.29, 0.717) is 22.5 Å². The molecule has 0 radical (unpaired) electrons. The monoisotopic (exact) mass is 326 g/mol. The Bertz CT molecular complexity index is 619. The van der Waals surface area contributed by atoms with Gasteiger partial charge in [0.2, 0.25) is 0 Å². The molecule has 1 aromatic heterocycles. The smallest absolute Gasteiger partial charge is 0.150 e. The number of hydrogen-bond donors (Lipinski definition) is 2. The normalized spacial score (nSPS) is 15.0. The Kier molecular flexibility index (Phi) is 2.75. The number of nitrogen functional groups attached to an aromatic ring is 2. The van der Waals surface area contributed by atoms with Crippen molar-refractivity contribution in [1.29, 1.82) is 0 Å². The predicted molar refractivity (Wildman–Crippen MR) is 76.9 cm³/mol. The molecule has 0 bridgehead atoms. The zero-order valence-electron chi connectivity index (χ0n) is 9.53. The third kappa shape index (κ3) is 1.87. The molecule has 0 aliphatic heterocycles. The molecule has 1 saturated carbocycles. The zero-order valence-corrected chi connectivity index (χ0v) is 11.9. The number of nitrogens with two attached hydrogens (primary N) is 2. The minimum Gasteiger partial charge on any atom is -0.382 e. The van der Waals surface area contributed by atoms with Gasteiger partial charge in [0, 0.05) is 16.0 Å². The topological polar surface area (TPSA) is 69.9 Å². The van der Waals surface area contributed by atoms with E-state index in [1.54, 1.807) is 0 Å². The quantitative estimate of drug-likeness (QED) is 0.833. The molecule has 0 unspecified atom stereocenters. The molecular weight excluding hydrogens is 316 g/mol. The van der Waals surface area contributed by atoms with Gasteiger partial charge < -0.3 is 11.6 Å². The molecule has 2 aromatic rings. The summed E-state index contributed by atoms with van der Waals surface area (Å²) in [6, 6.07) is 5.63. The summed E-state index contributed by atoms with van der Waals surface area (Å²) < 4.78 is 2.34. The molecule has 6 heteroatoms. The van der Waals surface area contributed by atoms with Crippen LogP contribution in [-0.4, -0.2) is 9.66 Å². The van der Waals surface area contributed by atoms with Crippen LogP contribution >= 0.6 is 27.5 Å². The van der Waals surface area contributed by atoms with Crippen molar-refractivity contribution in [2.45, 2.75) is 18.8 Å². The summed E-state index contributed by atoms with van der Waals surface area (Å²) in [4.78, 5) is 4.55. The predicted octanol–water partition coefficient (Wildman–Crippen LogP) is 3.14. The fraction of sp³-hybridized carbons (Fsp3) is 0.250. The number of hydrogen-bond acceptors (Lipinski definition) is 3. The Morgan fingerprint density at radius 2 is 2.11 bits per heavy atom. The van der Waals surface area contributed by atoms with Crippen LogP contribution in [0.4, 0.5) is 5.82 Å². The third-order valence-electron chi connectivity index (χ3n) is 3.11. The fourth-order valence-electron chi connectivity index (χ4n) is 1.95. The molecule has 1 aromatic carbocycles. The van der Waals surface area contributed by atoms with Gasteiger partial charge in [0.25, 0.3) is 0 Å². The average molecular weight is 328 g/mol. The summed E-state index contributed by atoms with van der Waals surface area (Å²) in [5.74, 6) is 7.74. The van der Waals surface area contributed by atoms with E-state index in [-0.39, 0.29) is 0 Å². The van der Waals surface area contributed by atoms with Crippen molar-refractivity contribution >= 4 is 33.3 Å². The largest absolute Gasteiger partial charge is 0.382 e. The fourth-order valence-corrected chi connectivity index (χ4v) is 2.38. The van der Waals surface area contributed by atoms with Gasteiger partial charge in [-0.1, -0.05) is 17.7 Å². The minimum atomic E-state index is 0.456. The Balaban J connectivity index is 2.10. The Morgan fingerprint density at radius 1 is 1.39 bits per heavy atom. The van der Waals surface area contributed by atoms with Crippen molar-refractivity contribution in [2.75, 3.05) is 11.6 Å². The van der Waals surface area contributed by atoms with Crippen molar-refractivity contribution in [3.05, 3.63) is 33.5 Å². The number of rotatable bonds is 2. The van der Waals surface area contributed by atoms with Gasteiger partial charge >= 0.3 is 0 Å². The maximum absolute atomic E-state index is 6.08. The number of aromatic nitrogens is 2. The van der Waals surface area contributed by atoms with Crippen LogP contribution in [0, 0.1) is 0 Å². The molecule has 4 nitrogen and oxygen atoms in total. The second-order valence-corrected chi connectivity index (χ2v) is 5.74. The summed E-state index contributed by atoms with van der Waals surface area (Å²) in [7, 11) is 0. The van der Waals surface area contributed by atoms with Gasteiger partial charge in [0.15, 0.2) is 5.82 Å². The summed E-state index contributed by atoms with van der Waals surface area (Å²) in [6.45, 7) is 0. The zero-order chi connectivity index (χ0) is 12.9. The number of nitrogens with zero attached hydrogens (tertiary/aromatic N) is 2. The van der Waals surface area contributed by atoms with E-state index >= 15 is 0 Å². The lowest BCUT2D eigenvalue weighted by atomic mass is 10.1. The van der Waals surface area contributed by atoms with Gasteiger partial charge in [-0.25, -0.2) is 9.66 Å². The first-order valence-corrected chi connectivity index (χ1v) is 6.83. The lowest BCUT2D eigenvalue weighted by Gasteiger charge is -2.02. The maximum atomic E-state index is 6.08. The van der Waals surface area contributed by atoms with Gasteiger partial charge in [-0.15, -0.1) is 0 Å². The molecule has 1 heterocycles. The first-order chi connectivity index (χ1) is 8.58. The van der Waals surface area contributed by atoms with E-state index in [1.807, 2.05) is 18.2 Å². The molecule has 18 heavy (non-hydrogen) atoms. The third-order valence-corrected chi connectivity index (χ3v) is 4.34. The first-order valence-electron chi connectivity index (χ1n) is 5.66. The van der Waals surface area contributed by atoms with Crippen molar-refractivity contribution in [3.63, 3.8) is 0 Å². The SMILES string of the molecule is Nc1c(-c2ccc(Br)c(Cl)c2)nc(C2CC2)n1N. The van der Waals surface area contributed by atoms with Gasteiger partial charge in [0.05, 0.1) is 5.02 Å². The maximum Gasteiger partial charge on any atom is 0.150 e. The molecule has 0 atom stereocenters. The highest BCUT2D eigenvalue weighted by molar-refractivity contribution is 9.10. The van der Waals surface area contributed by atoms with Crippen LogP contribution in [0.5, 0.6) is 0 Å². The van der Waals surface area contributed by atoms with Gasteiger partial charge in [-0.2, -0.15) is 0 Å². The van der Waals surface area contributed by atoms with Crippen LogP contribution in [0.3, 0.4) is 0 Å². The van der Waals surface area contributed by atoms with E-state index in [4.69, 9.17) is 23.2 Å². The highest BCUT2D eigenvalue weighted by atomic mass is 79.9.